The van der Waals surface area contributed by atoms with E-state index in [0.29, 0.717) is 6.42 Å². The van der Waals surface area contributed by atoms with E-state index in [-0.39, 0.29) is 5.78 Å². The van der Waals surface area contributed by atoms with Crippen molar-refractivity contribution in [1.29, 1.82) is 0 Å². The first kappa shape index (κ1) is 12.4. The Morgan fingerprint density at radius 1 is 1.11 bits per heavy atom. The van der Waals surface area contributed by atoms with Gasteiger partial charge in [0.25, 0.3) is 0 Å². The summed E-state index contributed by atoms with van der Waals surface area (Å²) in [6, 6.07) is 15.7. The van der Waals surface area contributed by atoms with E-state index in [0.717, 1.165) is 21.3 Å². The first-order chi connectivity index (χ1) is 9.10. The number of Topliss-reactive ketones (excluding diaryl/α,β-unsaturated/α-hetero) is 1. The number of anilines is 1. The number of fused-ring (bicyclic) bond motifs is 1. The van der Waals surface area contributed by atoms with Crippen molar-refractivity contribution in [3.05, 3.63) is 64.1 Å². The van der Waals surface area contributed by atoms with E-state index in [1.54, 1.807) is 0 Å². The van der Waals surface area contributed by atoms with Gasteiger partial charge in [-0.2, -0.15) is 0 Å². The van der Waals surface area contributed by atoms with Crippen LogP contribution in [0.25, 0.3) is 0 Å². The molecule has 1 aliphatic rings. The van der Waals surface area contributed by atoms with E-state index in [1.807, 2.05) is 55.5 Å². The second-order valence-electron chi connectivity index (χ2n) is 5.10. The van der Waals surface area contributed by atoms with Crippen LogP contribution in [0.3, 0.4) is 0 Å². The Morgan fingerprint density at radius 2 is 1.79 bits per heavy atom. The lowest BCUT2D eigenvalue weighted by atomic mass is 9.89. The summed E-state index contributed by atoms with van der Waals surface area (Å²) in [6.45, 7) is 1.97. The lowest BCUT2D eigenvalue weighted by Gasteiger charge is -2.24. The van der Waals surface area contributed by atoms with Crippen molar-refractivity contribution in [3.8, 4) is 0 Å². The normalized spacial score (nSPS) is 21.1. The standard InChI is InChI=1S/C16H14BrNO/c1-16(10-11-6-2-4-8-13(11)17)15(19)12-7-3-5-9-14(12)18-16/h2-9,18H,10H2,1H3. The molecule has 1 aliphatic heterocycles. The van der Waals surface area contributed by atoms with E-state index in [2.05, 4.69) is 21.2 Å². The molecule has 1 heterocycles. The molecule has 0 radical (unpaired) electrons. The molecule has 19 heavy (non-hydrogen) atoms. The van der Waals surface area contributed by atoms with Gasteiger partial charge in [-0.3, -0.25) is 4.79 Å². The molecule has 0 amide bonds. The highest BCUT2D eigenvalue weighted by atomic mass is 79.9. The van der Waals surface area contributed by atoms with Crippen molar-refractivity contribution in [2.24, 2.45) is 0 Å². The summed E-state index contributed by atoms with van der Waals surface area (Å²) in [5, 5.41) is 3.37. The van der Waals surface area contributed by atoms with E-state index in [4.69, 9.17) is 0 Å². The Balaban J connectivity index is 1.95. The van der Waals surface area contributed by atoms with E-state index >= 15 is 0 Å². The number of carbonyl (C=O) groups excluding carboxylic acids is 1. The summed E-state index contributed by atoms with van der Waals surface area (Å²) in [5.41, 5.74) is 2.30. The Kier molecular flexibility index (Phi) is 2.94. The molecule has 0 aromatic heterocycles. The average Bonchev–Trinajstić information content (AvgIpc) is 2.65. The number of carbonyl (C=O) groups is 1. The smallest absolute Gasteiger partial charge is 0.190 e. The van der Waals surface area contributed by atoms with Crippen LogP contribution in [0.1, 0.15) is 22.8 Å². The van der Waals surface area contributed by atoms with E-state index < -0.39 is 5.54 Å². The molecule has 0 fully saturated rings. The zero-order valence-corrected chi connectivity index (χ0v) is 12.2. The van der Waals surface area contributed by atoms with Crippen molar-refractivity contribution < 1.29 is 4.79 Å². The molecular weight excluding hydrogens is 302 g/mol. The zero-order chi connectivity index (χ0) is 13.5. The largest absolute Gasteiger partial charge is 0.372 e. The summed E-state index contributed by atoms with van der Waals surface area (Å²) in [6.07, 6.45) is 0.669. The molecule has 3 rings (SSSR count). The predicted molar refractivity (Wildman–Crippen MR) is 80.6 cm³/mol. The molecule has 1 N–H and O–H groups in total. The van der Waals surface area contributed by atoms with Crippen LogP contribution in [0.4, 0.5) is 5.69 Å². The van der Waals surface area contributed by atoms with E-state index in [1.165, 1.54) is 0 Å². The third kappa shape index (κ3) is 2.08. The molecule has 1 atom stereocenters. The molecule has 2 aromatic carbocycles. The van der Waals surface area contributed by atoms with Gasteiger partial charge in [0.15, 0.2) is 5.78 Å². The van der Waals surface area contributed by atoms with Crippen molar-refractivity contribution in [3.63, 3.8) is 0 Å². The minimum atomic E-state index is -0.562. The van der Waals surface area contributed by atoms with Gasteiger partial charge in [0.2, 0.25) is 0 Å². The molecule has 0 saturated heterocycles. The Hall–Kier alpha value is -1.61. The quantitative estimate of drug-likeness (QED) is 0.905. The average molecular weight is 316 g/mol. The maximum atomic E-state index is 12.6. The van der Waals surface area contributed by atoms with Crippen LogP contribution >= 0.6 is 15.9 Å². The summed E-state index contributed by atoms with van der Waals surface area (Å²) in [4.78, 5) is 12.6. The second-order valence-corrected chi connectivity index (χ2v) is 5.95. The maximum Gasteiger partial charge on any atom is 0.190 e. The fraction of sp³-hybridized carbons (Fsp3) is 0.188. The van der Waals surface area contributed by atoms with Gasteiger partial charge in [-0.25, -0.2) is 0 Å². The monoisotopic (exact) mass is 315 g/mol. The summed E-state index contributed by atoms with van der Waals surface area (Å²) in [5.74, 6) is 0.166. The molecule has 2 nitrogen and oxygen atoms in total. The number of para-hydroxylation sites is 1. The maximum absolute atomic E-state index is 12.6. The van der Waals surface area contributed by atoms with Crippen LogP contribution in [-0.4, -0.2) is 11.3 Å². The number of rotatable bonds is 2. The van der Waals surface area contributed by atoms with Crippen LogP contribution in [0.15, 0.2) is 53.0 Å². The molecule has 0 bridgehead atoms. The van der Waals surface area contributed by atoms with Crippen LogP contribution < -0.4 is 5.32 Å². The van der Waals surface area contributed by atoms with Gasteiger partial charge in [-0.15, -0.1) is 0 Å². The van der Waals surface area contributed by atoms with Crippen LogP contribution in [-0.2, 0) is 6.42 Å². The fourth-order valence-corrected chi connectivity index (χ4v) is 3.01. The zero-order valence-electron chi connectivity index (χ0n) is 10.6. The van der Waals surface area contributed by atoms with Crippen molar-refractivity contribution >= 4 is 27.4 Å². The number of benzene rings is 2. The van der Waals surface area contributed by atoms with Crippen molar-refractivity contribution in [2.75, 3.05) is 5.32 Å². The van der Waals surface area contributed by atoms with Crippen molar-refractivity contribution in [1.82, 2.24) is 0 Å². The molecule has 0 spiro atoms. The molecule has 96 valence electrons. The molecule has 3 heteroatoms. The SMILES string of the molecule is CC1(Cc2ccccc2Br)Nc2ccccc2C1=O. The minimum absolute atomic E-state index is 0.166. The van der Waals surface area contributed by atoms with Gasteiger partial charge in [0.05, 0.1) is 0 Å². The first-order valence-electron chi connectivity index (χ1n) is 6.25. The summed E-state index contributed by atoms with van der Waals surface area (Å²) >= 11 is 3.54. The summed E-state index contributed by atoms with van der Waals surface area (Å²) in [7, 11) is 0. The first-order valence-corrected chi connectivity index (χ1v) is 7.05. The number of hydrogen-bond donors (Lipinski definition) is 1. The van der Waals surface area contributed by atoms with Crippen LogP contribution in [0.5, 0.6) is 0 Å². The Morgan fingerprint density at radius 3 is 2.53 bits per heavy atom. The highest BCUT2D eigenvalue weighted by Gasteiger charge is 2.41. The van der Waals surface area contributed by atoms with Gasteiger partial charge in [0.1, 0.15) is 5.54 Å². The topological polar surface area (TPSA) is 29.1 Å². The molecular formula is C16H14BrNO. The lowest BCUT2D eigenvalue weighted by molar-refractivity contribution is 0.0929. The summed E-state index contributed by atoms with van der Waals surface area (Å²) < 4.78 is 1.04. The predicted octanol–water partition coefficient (Wildman–Crippen LogP) is 4.06. The fourth-order valence-electron chi connectivity index (χ4n) is 2.59. The Labute approximate surface area is 121 Å². The minimum Gasteiger partial charge on any atom is -0.372 e. The molecule has 0 aliphatic carbocycles. The van der Waals surface area contributed by atoms with Crippen LogP contribution in [0.2, 0.25) is 0 Å². The number of hydrogen-bond acceptors (Lipinski definition) is 2. The van der Waals surface area contributed by atoms with Gasteiger partial charge in [-0.05, 0) is 30.7 Å². The van der Waals surface area contributed by atoms with Gasteiger partial charge in [0, 0.05) is 22.1 Å². The number of ketones is 1. The second kappa shape index (κ2) is 4.49. The molecule has 1 unspecified atom stereocenters. The lowest BCUT2D eigenvalue weighted by Crippen LogP contribution is -2.40. The Bertz CT molecular complexity index is 653. The van der Waals surface area contributed by atoms with Gasteiger partial charge in [-0.1, -0.05) is 46.3 Å². The number of halogens is 1. The third-order valence-electron chi connectivity index (χ3n) is 3.59. The highest BCUT2D eigenvalue weighted by Crippen LogP contribution is 2.35. The third-order valence-corrected chi connectivity index (χ3v) is 4.36. The number of nitrogens with one attached hydrogen (secondary N) is 1. The van der Waals surface area contributed by atoms with Gasteiger partial charge < -0.3 is 5.32 Å². The van der Waals surface area contributed by atoms with E-state index in [9.17, 15) is 4.79 Å². The van der Waals surface area contributed by atoms with Gasteiger partial charge >= 0.3 is 0 Å². The molecule has 0 saturated carbocycles. The van der Waals surface area contributed by atoms with Crippen LogP contribution in [0, 0.1) is 0 Å². The highest BCUT2D eigenvalue weighted by molar-refractivity contribution is 9.10. The molecule has 2 aromatic rings. The van der Waals surface area contributed by atoms with Crippen molar-refractivity contribution in [2.45, 2.75) is 18.9 Å².